The minimum atomic E-state index is -3.59. The Labute approximate surface area is 166 Å². The molecule has 1 aromatic carbocycles. The van der Waals surface area contributed by atoms with Gasteiger partial charge in [-0.2, -0.15) is 9.40 Å². The van der Waals surface area contributed by atoms with Crippen molar-refractivity contribution in [2.75, 3.05) is 38.0 Å². The molecule has 0 bridgehead atoms. The number of aromatic nitrogens is 2. The Morgan fingerprint density at radius 2 is 1.82 bits per heavy atom. The summed E-state index contributed by atoms with van der Waals surface area (Å²) in [4.78, 5) is 15.0. The average Bonchev–Trinajstić information content (AvgIpc) is 3.09. The third kappa shape index (κ3) is 4.26. The van der Waals surface area contributed by atoms with Crippen molar-refractivity contribution in [1.29, 1.82) is 0 Å². The van der Waals surface area contributed by atoms with Crippen LogP contribution in [0, 0.1) is 6.92 Å². The van der Waals surface area contributed by atoms with E-state index in [0.717, 1.165) is 25.3 Å². The molecule has 2 heterocycles. The monoisotopic (exact) mass is 405 g/mol. The Hall–Kier alpha value is -2.23. The van der Waals surface area contributed by atoms with Crippen molar-refractivity contribution in [3.05, 3.63) is 41.7 Å². The summed E-state index contributed by atoms with van der Waals surface area (Å²) in [5, 5.41) is 7.06. The van der Waals surface area contributed by atoms with E-state index < -0.39 is 10.0 Å². The lowest BCUT2D eigenvalue weighted by molar-refractivity contribution is 0.101. The van der Waals surface area contributed by atoms with E-state index in [1.165, 1.54) is 10.4 Å². The van der Waals surface area contributed by atoms with Crippen LogP contribution in [0.25, 0.3) is 0 Å². The van der Waals surface area contributed by atoms with Gasteiger partial charge in [-0.3, -0.25) is 9.48 Å². The average molecular weight is 406 g/mol. The topological polar surface area (TPSA) is 87.5 Å². The largest absolute Gasteiger partial charge is 0.321 e. The molecule has 1 aromatic heterocycles. The van der Waals surface area contributed by atoms with Crippen molar-refractivity contribution >= 4 is 21.6 Å². The molecule has 28 heavy (non-hydrogen) atoms. The van der Waals surface area contributed by atoms with Gasteiger partial charge in [0, 0.05) is 38.4 Å². The van der Waals surface area contributed by atoms with Crippen molar-refractivity contribution in [3.63, 3.8) is 0 Å². The first-order chi connectivity index (χ1) is 13.3. The minimum absolute atomic E-state index is 0.190. The maximum absolute atomic E-state index is 13.0. The zero-order chi connectivity index (χ0) is 20.3. The molecular weight excluding hydrogens is 378 g/mol. The van der Waals surface area contributed by atoms with Crippen molar-refractivity contribution in [2.24, 2.45) is 0 Å². The maximum atomic E-state index is 13.0. The Kier molecular flexibility index (Phi) is 6.17. The van der Waals surface area contributed by atoms with Gasteiger partial charge in [0.25, 0.3) is 5.91 Å². The van der Waals surface area contributed by atoms with E-state index in [4.69, 9.17) is 0 Å². The quantitative estimate of drug-likeness (QED) is 0.792. The predicted octanol–water partition coefficient (Wildman–Crippen LogP) is 1.79. The molecule has 1 aliphatic rings. The molecule has 0 atom stereocenters. The summed E-state index contributed by atoms with van der Waals surface area (Å²) in [6, 6.07) is 8.13. The first-order valence-electron chi connectivity index (χ1n) is 9.53. The Morgan fingerprint density at radius 3 is 2.46 bits per heavy atom. The first-order valence-corrected chi connectivity index (χ1v) is 11.0. The second-order valence-corrected chi connectivity index (χ2v) is 8.74. The van der Waals surface area contributed by atoms with E-state index in [-0.39, 0.29) is 10.8 Å². The molecule has 1 saturated heterocycles. The highest BCUT2D eigenvalue weighted by atomic mass is 32.2. The summed E-state index contributed by atoms with van der Waals surface area (Å²) in [5.74, 6) is -0.312. The van der Waals surface area contributed by atoms with Crippen LogP contribution >= 0.6 is 0 Å². The fraction of sp³-hybridized carbons (Fsp3) is 0.474. The van der Waals surface area contributed by atoms with Crippen LogP contribution in [0.5, 0.6) is 0 Å². The van der Waals surface area contributed by atoms with E-state index in [0.29, 0.717) is 31.0 Å². The predicted molar refractivity (Wildman–Crippen MR) is 108 cm³/mol. The van der Waals surface area contributed by atoms with Crippen molar-refractivity contribution < 1.29 is 13.2 Å². The zero-order valence-electron chi connectivity index (χ0n) is 16.6. The molecule has 8 nitrogen and oxygen atoms in total. The van der Waals surface area contributed by atoms with Crippen LogP contribution in [0.4, 0.5) is 5.69 Å². The van der Waals surface area contributed by atoms with Crippen molar-refractivity contribution in [3.8, 4) is 0 Å². The number of carbonyl (C=O) groups is 1. The third-order valence-electron chi connectivity index (χ3n) is 4.94. The number of piperazine rings is 1. The Morgan fingerprint density at radius 1 is 1.11 bits per heavy atom. The number of hydrogen-bond donors (Lipinski definition) is 1. The molecule has 0 spiro atoms. The SMILES string of the molecule is CCN1CCN(S(=O)(=O)c2cccc(NC(=O)c3cc(C)nn3CC)c2)CC1. The molecule has 1 N–H and O–H groups in total. The molecular formula is C19H27N5O3S. The van der Waals surface area contributed by atoms with E-state index in [2.05, 4.69) is 22.2 Å². The van der Waals surface area contributed by atoms with Gasteiger partial charge in [-0.15, -0.1) is 0 Å². The van der Waals surface area contributed by atoms with Crippen LogP contribution in [0.2, 0.25) is 0 Å². The van der Waals surface area contributed by atoms with E-state index in [1.54, 1.807) is 28.9 Å². The lowest BCUT2D eigenvalue weighted by Crippen LogP contribution is -2.48. The molecule has 0 aliphatic carbocycles. The van der Waals surface area contributed by atoms with Gasteiger partial charge in [-0.25, -0.2) is 8.42 Å². The lowest BCUT2D eigenvalue weighted by Gasteiger charge is -2.33. The summed E-state index contributed by atoms with van der Waals surface area (Å²) < 4.78 is 29.1. The lowest BCUT2D eigenvalue weighted by atomic mass is 10.3. The number of nitrogens with one attached hydrogen (secondary N) is 1. The van der Waals surface area contributed by atoms with Gasteiger partial charge < -0.3 is 10.2 Å². The third-order valence-corrected chi connectivity index (χ3v) is 6.84. The number of anilines is 1. The smallest absolute Gasteiger partial charge is 0.273 e. The highest BCUT2D eigenvalue weighted by Crippen LogP contribution is 2.21. The van der Waals surface area contributed by atoms with E-state index >= 15 is 0 Å². The van der Waals surface area contributed by atoms with Crippen molar-refractivity contribution in [2.45, 2.75) is 32.2 Å². The summed E-state index contributed by atoms with van der Waals surface area (Å²) in [6.07, 6.45) is 0. The van der Waals surface area contributed by atoms with Crippen molar-refractivity contribution in [1.82, 2.24) is 19.0 Å². The second-order valence-electron chi connectivity index (χ2n) is 6.81. The molecule has 1 aliphatic heterocycles. The first kappa shape index (κ1) is 20.5. The molecule has 0 radical (unpaired) electrons. The molecule has 0 saturated carbocycles. The number of carbonyl (C=O) groups excluding carboxylic acids is 1. The molecule has 3 rings (SSSR count). The number of rotatable bonds is 6. The van der Waals surface area contributed by atoms with Gasteiger partial charge in [-0.1, -0.05) is 13.0 Å². The number of amides is 1. The Bertz CT molecular complexity index is 946. The van der Waals surface area contributed by atoms with Crippen LogP contribution in [0.1, 0.15) is 30.0 Å². The number of likely N-dealkylation sites (N-methyl/N-ethyl adjacent to an activating group) is 1. The number of aryl methyl sites for hydroxylation is 2. The van der Waals surface area contributed by atoms with Gasteiger partial charge >= 0.3 is 0 Å². The van der Waals surface area contributed by atoms with Gasteiger partial charge in [-0.05, 0) is 44.7 Å². The highest BCUT2D eigenvalue weighted by molar-refractivity contribution is 7.89. The highest BCUT2D eigenvalue weighted by Gasteiger charge is 2.28. The van der Waals surface area contributed by atoms with Gasteiger partial charge in [0.15, 0.2) is 0 Å². The van der Waals surface area contributed by atoms with Crippen LogP contribution in [-0.4, -0.2) is 66.0 Å². The van der Waals surface area contributed by atoms with Gasteiger partial charge in [0.1, 0.15) is 5.69 Å². The summed E-state index contributed by atoms with van der Waals surface area (Å²) in [6.45, 7) is 9.71. The maximum Gasteiger partial charge on any atom is 0.273 e. The fourth-order valence-corrected chi connectivity index (χ4v) is 4.80. The molecule has 0 unspecified atom stereocenters. The van der Waals surface area contributed by atoms with Crippen LogP contribution in [-0.2, 0) is 16.6 Å². The fourth-order valence-electron chi connectivity index (χ4n) is 3.33. The molecule has 2 aromatic rings. The number of hydrogen-bond acceptors (Lipinski definition) is 5. The van der Waals surface area contributed by atoms with E-state index in [9.17, 15) is 13.2 Å². The standard InChI is InChI=1S/C19H27N5O3S/c1-4-22-9-11-23(12-10-22)28(26,27)17-8-6-7-16(14-17)20-19(25)18-13-15(3)21-24(18)5-2/h6-8,13-14H,4-5,9-12H2,1-3H3,(H,20,25). The summed E-state index contributed by atoms with van der Waals surface area (Å²) in [7, 11) is -3.59. The summed E-state index contributed by atoms with van der Waals surface area (Å²) >= 11 is 0. The number of benzene rings is 1. The normalized spacial score (nSPS) is 16.2. The molecule has 152 valence electrons. The number of nitrogens with zero attached hydrogens (tertiary/aromatic N) is 4. The molecule has 1 amide bonds. The zero-order valence-corrected chi connectivity index (χ0v) is 17.4. The van der Waals surface area contributed by atoms with E-state index in [1.807, 2.05) is 13.8 Å². The molecule has 9 heteroatoms. The van der Waals surface area contributed by atoms with Gasteiger partial charge in [0.2, 0.25) is 10.0 Å². The minimum Gasteiger partial charge on any atom is -0.321 e. The summed E-state index contributed by atoms with van der Waals surface area (Å²) in [5.41, 5.74) is 1.65. The van der Waals surface area contributed by atoms with Crippen LogP contribution < -0.4 is 5.32 Å². The second kappa shape index (κ2) is 8.42. The molecule has 1 fully saturated rings. The Balaban J connectivity index is 1.77. The number of sulfonamides is 1. The van der Waals surface area contributed by atoms with Crippen LogP contribution in [0.15, 0.2) is 35.2 Å². The van der Waals surface area contributed by atoms with Crippen LogP contribution in [0.3, 0.4) is 0 Å². The van der Waals surface area contributed by atoms with Gasteiger partial charge in [0.05, 0.1) is 10.6 Å².